The lowest BCUT2D eigenvalue weighted by Crippen LogP contribution is -2.32. The summed E-state index contributed by atoms with van der Waals surface area (Å²) in [7, 11) is 0. The number of hydrogen-bond acceptors (Lipinski definition) is 4. The van der Waals surface area contributed by atoms with Crippen molar-refractivity contribution >= 4 is 29.1 Å². The van der Waals surface area contributed by atoms with Gasteiger partial charge in [0.25, 0.3) is 5.91 Å². The Balaban J connectivity index is 1.28. The summed E-state index contributed by atoms with van der Waals surface area (Å²) in [6.07, 6.45) is 0.177. The number of rotatable bonds is 8. The zero-order chi connectivity index (χ0) is 25.7. The monoisotopic (exact) mass is 485 g/mol. The zero-order valence-electron chi connectivity index (χ0n) is 20.8. The molecule has 1 atom stereocenters. The van der Waals surface area contributed by atoms with E-state index in [1.807, 2.05) is 63.2 Å². The fraction of sp³-hybridized carbons (Fsp3) is 0.276. The van der Waals surface area contributed by atoms with Gasteiger partial charge < -0.3 is 20.3 Å². The third-order valence-electron chi connectivity index (χ3n) is 6.27. The Morgan fingerprint density at radius 2 is 1.64 bits per heavy atom. The number of nitrogens with zero attached hydrogens (tertiary/aromatic N) is 1. The summed E-state index contributed by atoms with van der Waals surface area (Å²) in [5.41, 5.74) is 5.68. The van der Waals surface area contributed by atoms with Gasteiger partial charge in [-0.2, -0.15) is 0 Å². The van der Waals surface area contributed by atoms with Crippen molar-refractivity contribution in [3.63, 3.8) is 0 Å². The van der Waals surface area contributed by atoms with Gasteiger partial charge in [0.1, 0.15) is 5.75 Å². The van der Waals surface area contributed by atoms with Crippen LogP contribution in [0.4, 0.5) is 11.4 Å². The molecule has 0 spiro atoms. The van der Waals surface area contributed by atoms with Crippen LogP contribution < -0.4 is 20.3 Å². The molecule has 3 amide bonds. The van der Waals surface area contributed by atoms with Crippen LogP contribution in [0.2, 0.25) is 0 Å². The summed E-state index contributed by atoms with van der Waals surface area (Å²) in [6.45, 7) is 6.59. The first-order valence-electron chi connectivity index (χ1n) is 12.0. The second-order valence-corrected chi connectivity index (χ2v) is 9.21. The van der Waals surface area contributed by atoms with Gasteiger partial charge in [-0.05, 0) is 61.7 Å². The quantitative estimate of drug-likeness (QED) is 0.498. The van der Waals surface area contributed by atoms with E-state index in [2.05, 4.69) is 10.6 Å². The summed E-state index contributed by atoms with van der Waals surface area (Å²) in [4.78, 5) is 39.2. The minimum atomic E-state index is -0.394. The Labute approximate surface area is 211 Å². The number of nitrogens with one attached hydrogen (secondary N) is 2. The predicted molar refractivity (Wildman–Crippen MR) is 140 cm³/mol. The molecule has 1 aliphatic rings. The number of ether oxygens (including phenoxy) is 1. The van der Waals surface area contributed by atoms with Gasteiger partial charge in [-0.25, -0.2) is 0 Å². The van der Waals surface area contributed by atoms with Crippen molar-refractivity contribution in [3.8, 4) is 5.75 Å². The van der Waals surface area contributed by atoms with Crippen LogP contribution in [-0.2, 0) is 20.9 Å². The number of anilines is 2. The fourth-order valence-electron chi connectivity index (χ4n) is 4.49. The molecule has 1 heterocycles. The number of benzene rings is 3. The van der Waals surface area contributed by atoms with E-state index in [1.165, 1.54) is 0 Å². The first-order chi connectivity index (χ1) is 17.3. The molecule has 0 aliphatic carbocycles. The van der Waals surface area contributed by atoms with Crippen molar-refractivity contribution in [2.75, 3.05) is 23.4 Å². The van der Waals surface area contributed by atoms with Gasteiger partial charge >= 0.3 is 0 Å². The number of carbonyl (C=O) groups is 3. The van der Waals surface area contributed by atoms with E-state index < -0.39 is 5.92 Å². The van der Waals surface area contributed by atoms with Crippen molar-refractivity contribution in [2.24, 2.45) is 5.92 Å². The molecule has 0 saturated carbocycles. The van der Waals surface area contributed by atoms with Crippen molar-refractivity contribution in [1.29, 1.82) is 0 Å². The Morgan fingerprint density at radius 3 is 2.31 bits per heavy atom. The molecule has 0 unspecified atom stereocenters. The van der Waals surface area contributed by atoms with Crippen LogP contribution in [0.5, 0.6) is 5.75 Å². The largest absolute Gasteiger partial charge is 0.484 e. The molecule has 7 heteroatoms. The standard InChI is InChI=1S/C29H31N3O4/c1-19-13-20(2)28(21(3)14-19)31-26(33)18-36-25-11-9-24(10-12-25)32-17-23(15-27(32)34)29(35)30-16-22-7-5-4-6-8-22/h4-14,23H,15-18H2,1-3H3,(H,30,35)(H,31,33)/t23-/m1/s1. The Bertz CT molecular complexity index is 1230. The second-order valence-electron chi connectivity index (χ2n) is 9.21. The van der Waals surface area contributed by atoms with E-state index in [1.54, 1.807) is 29.2 Å². The number of carbonyl (C=O) groups excluding carboxylic acids is 3. The van der Waals surface area contributed by atoms with Crippen molar-refractivity contribution in [3.05, 3.63) is 89.0 Å². The van der Waals surface area contributed by atoms with E-state index >= 15 is 0 Å². The van der Waals surface area contributed by atoms with Crippen LogP contribution in [0.3, 0.4) is 0 Å². The summed E-state index contributed by atoms with van der Waals surface area (Å²) >= 11 is 0. The molecule has 1 saturated heterocycles. The molecular weight excluding hydrogens is 454 g/mol. The normalized spacial score (nSPS) is 15.0. The van der Waals surface area contributed by atoms with E-state index in [0.717, 1.165) is 27.9 Å². The molecule has 4 rings (SSSR count). The summed E-state index contributed by atoms with van der Waals surface area (Å²) < 4.78 is 5.64. The molecule has 36 heavy (non-hydrogen) atoms. The number of aryl methyl sites for hydroxylation is 3. The van der Waals surface area contributed by atoms with Gasteiger partial charge in [-0.1, -0.05) is 48.0 Å². The predicted octanol–water partition coefficient (Wildman–Crippen LogP) is 4.30. The molecule has 0 bridgehead atoms. The molecule has 186 valence electrons. The molecule has 1 fully saturated rings. The van der Waals surface area contributed by atoms with E-state index in [0.29, 0.717) is 24.5 Å². The topological polar surface area (TPSA) is 87.7 Å². The highest BCUT2D eigenvalue weighted by atomic mass is 16.5. The van der Waals surface area contributed by atoms with E-state index in [4.69, 9.17) is 4.74 Å². The van der Waals surface area contributed by atoms with Gasteiger partial charge in [-0.15, -0.1) is 0 Å². The zero-order valence-corrected chi connectivity index (χ0v) is 20.8. The molecule has 0 aromatic heterocycles. The lowest BCUT2D eigenvalue weighted by molar-refractivity contribution is -0.126. The Hall–Kier alpha value is -4.13. The van der Waals surface area contributed by atoms with Gasteiger partial charge in [0.05, 0.1) is 5.92 Å². The summed E-state index contributed by atoms with van der Waals surface area (Å²) in [5, 5.41) is 5.84. The smallest absolute Gasteiger partial charge is 0.262 e. The Morgan fingerprint density at radius 1 is 0.972 bits per heavy atom. The molecule has 0 radical (unpaired) electrons. The maximum atomic E-state index is 12.6. The van der Waals surface area contributed by atoms with Crippen LogP contribution in [0.25, 0.3) is 0 Å². The van der Waals surface area contributed by atoms with Crippen molar-refractivity contribution in [2.45, 2.75) is 33.7 Å². The average Bonchev–Trinajstić information content (AvgIpc) is 3.26. The molecular formula is C29H31N3O4. The van der Waals surface area contributed by atoms with Crippen LogP contribution in [-0.4, -0.2) is 30.9 Å². The maximum Gasteiger partial charge on any atom is 0.262 e. The highest BCUT2D eigenvalue weighted by Gasteiger charge is 2.35. The van der Waals surface area contributed by atoms with E-state index in [-0.39, 0.29) is 30.7 Å². The lowest BCUT2D eigenvalue weighted by Gasteiger charge is -2.17. The number of amides is 3. The second kappa shape index (κ2) is 11.1. The first kappa shape index (κ1) is 25.0. The van der Waals surface area contributed by atoms with Gasteiger partial charge in [0.2, 0.25) is 11.8 Å². The summed E-state index contributed by atoms with van der Waals surface area (Å²) in [5.74, 6) is -0.329. The third-order valence-corrected chi connectivity index (χ3v) is 6.27. The van der Waals surface area contributed by atoms with Gasteiger partial charge in [0.15, 0.2) is 6.61 Å². The molecule has 3 aromatic rings. The van der Waals surface area contributed by atoms with Gasteiger partial charge in [0, 0.05) is 30.9 Å². The average molecular weight is 486 g/mol. The van der Waals surface area contributed by atoms with E-state index in [9.17, 15) is 14.4 Å². The number of hydrogen-bond donors (Lipinski definition) is 2. The Kier molecular flexibility index (Phi) is 7.68. The molecule has 2 N–H and O–H groups in total. The van der Waals surface area contributed by atoms with Crippen molar-refractivity contribution < 1.29 is 19.1 Å². The van der Waals surface area contributed by atoms with Crippen LogP contribution >= 0.6 is 0 Å². The highest BCUT2D eigenvalue weighted by Crippen LogP contribution is 2.27. The molecule has 1 aliphatic heterocycles. The minimum absolute atomic E-state index is 0.0910. The maximum absolute atomic E-state index is 12.6. The van der Waals surface area contributed by atoms with Crippen LogP contribution in [0.1, 0.15) is 28.7 Å². The molecule has 7 nitrogen and oxygen atoms in total. The summed E-state index contributed by atoms with van der Waals surface area (Å²) in [6, 6.07) is 20.7. The van der Waals surface area contributed by atoms with Crippen molar-refractivity contribution in [1.82, 2.24) is 5.32 Å². The third kappa shape index (κ3) is 6.10. The minimum Gasteiger partial charge on any atom is -0.484 e. The van der Waals surface area contributed by atoms with Crippen LogP contribution in [0.15, 0.2) is 66.7 Å². The van der Waals surface area contributed by atoms with Gasteiger partial charge in [-0.3, -0.25) is 14.4 Å². The first-order valence-corrected chi connectivity index (χ1v) is 12.0. The highest BCUT2D eigenvalue weighted by molar-refractivity contribution is 6.00. The lowest BCUT2D eigenvalue weighted by atomic mass is 10.1. The van der Waals surface area contributed by atoms with Crippen LogP contribution in [0, 0.1) is 26.7 Å². The SMILES string of the molecule is Cc1cc(C)c(NC(=O)COc2ccc(N3C[C@H](C(=O)NCc4ccccc4)CC3=O)cc2)c(C)c1. The molecule has 3 aromatic carbocycles. The fourth-order valence-corrected chi connectivity index (χ4v) is 4.49.